The van der Waals surface area contributed by atoms with Crippen molar-refractivity contribution in [1.29, 1.82) is 0 Å². The van der Waals surface area contributed by atoms with E-state index in [4.69, 9.17) is 0 Å². The molecule has 0 aliphatic carbocycles. The van der Waals surface area contributed by atoms with Gasteiger partial charge in [-0.25, -0.2) is 4.98 Å². The van der Waals surface area contributed by atoms with Gasteiger partial charge in [-0.3, -0.25) is 4.98 Å². The van der Waals surface area contributed by atoms with Crippen molar-refractivity contribution in [2.75, 3.05) is 36.8 Å². The largest absolute Gasteiger partial charge is 0.369 e. The first-order valence-electron chi connectivity index (χ1n) is 8.24. The summed E-state index contributed by atoms with van der Waals surface area (Å²) in [6, 6.07) is 0.413. The third-order valence-corrected chi connectivity index (χ3v) is 3.59. The number of nitrogens with one attached hydrogen (secondary N) is 2. The van der Waals surface area contributed by atoms with Crippen LogP contribution in [0.4, 0.5) is 11.6 Å². The summed E-state index contributed by atoms with van der Waals surface area (Å²) in [4.78, 5) is 11.2. The first-order valence-corrected chi connectivity index (χ1v) is 8.24. The number of rotatable bonds is 11. The first-order chi connectivity index (χ1) is 10.2. The minimum Gasteiger partial charge on any atom is -0.369 e. The molecule has 0 aliphatic heterocycles. The Balaban J connectivity index is 2.35. The summed E-state index contributed by atoms with van der Waals surface area (Å²) < 4.78 is 0. The molecular formula is C16H31N5. The van der Waals surface area contributed by atoms with Crippen molar-refractivity contribution in [3.8, 4) is 0 Å². The topological polar surface area (TPSA) is 53.1 Å². The van der Waals surface area contributed by atoms with Crippen LogP contribution in [0.5, 0.6) is 0 Å². The summed E-state index contributed by atoms with van der Waals surface area (Å²) in [5, 5.41) is 6.70. The van der Waals surface area contributed by atoms with Gasteiger partial charge in [0.2, 0.25) is 0 Å². The highest BCUT2D eigenvalue weighted by molar-refractivity contribution is 5.41. The molecule has 5 heteroatoms. The van der Waals surface area contributed by atoms with Crippen LogP contribution in [0.25, 0.3) is 0 Å². The molecule has 5 nitrogen and oxygen atoms in total. The van der Waals surface area contributed by atoms with E-state index < -0.39 is 0 Å². The average Bonchev–Trinajstić information content (AvgIpc) is 2.50. The van der Waals surface area contributed by atoms with E-state index in [0.29, 0.717) is 6.04 Å². The maximum Gasteiger partial charge on any atom is 0.147 e. The molecule has 0 bridgehead atoms. The molecular weight excluding hydrogens is 262 g/mol. The Hall–Kier alpha value is -1.36. The molecule has 1 aromatic heterocycles. The molecule has 120 valence electrons. The molecule has 1 unspecified atom stereocenters. The summed E-state index contributed by atoms with van der Waals surface area (Å²) in [5.74, 6) is 1.70. The van der Waals surface area contributed by atoms with Crippen molar-refractivity contribution in [2.45, 2.75) is 53.0 Å². The third kappa shape index (κ3) is 7.27. The SMILES string of the molecule is CCCNc1cncc(NC(C)CCCN(CC)CC)n1. The molecule has 21 heavy (non-hydrogen) atoms. The summed E-state index contributed by atoms with van der Waals surface area (Å²) >= 11 is 0. The molecule has 1 heterocycles. The minimum absolute atomic E-state index is 0.413. The Labute approximate surface area is 129 Å². The van der Waals surface area contributed by atoms with E-state index in [0.717, 1.165) is 44.1 Å². The highest BCUT2D eigenvalue weighted by Gasteiger charge is 2.06. The van der Waals surface area contributed by atoms with E-state index in [9.17, 15) is 0 Å². The second kappa shape index (κ2) is 10.4. The van der Waals surface area contributed by atoms with E-state index >= 15 is 0 Å². The van der Waals surface area contributed by atoms with Crippen molar-refractivity contribution in [3.05, 3.63) is 12.4 Å². The maximum absolute atomic E-state index is 4.53. The van der Waals surface area contributed by atoms with Crippen LogP contribution in [0.3, 0.4) is 0 Å². The minimum atomic E-state index is 0.413. The number of hydrogen-bond donors (Lipinski definition) is 2. The van der Waals surface area contributed by atoms with Gasteiger partial charge < -0.3 is 15.5 Å². The molecule has 2 N–H and O–H groups in total. The Bertz CT molecular complexity index is 379. The second-order valence-corrected chi connectivity index (χ2v) is 5.43. The van der Waals surface area contributed by atoms with Crippen LogP contribution in [0.15, 0.2) is 12.4 Å². The van der Waals surface area contributed by atoms with Gasteiger partial charge in [-0.05, 0) is 45.8 Å². The highest BCUT2D eigenvalue weighted by atomic mass is 15.1. The van der Waals surface area contributed by atoms with Crippen LogP contribution in [-0.4, -0.2) is 47.1 Å². The lowest BCUT2D eigenvalue weighted by atomic mass is 10.2. The molecule has 1 rings (SSSR count). The molecule has 0 saturated heterocycles. The van der Waals surface area contributed by atoms with Gasteiger partial charge in [0.15, 0.2) is 0 Å². The zero-order chi connectivity index (χ0) is 15.5. The molecule has 0 amide bonds. The fourth-order valence-electron chi connectivity index (χ4n) is 2.26. The maximum atomic E-state index is 4.53. The summed E-state index contributed by atoms with van der Waals surface area (Å²) in [5.41, 5.74) is 0. The van der Waals surface area contributed by atoms with Crippen molar-refractivity contribution in [1.82, 2.24) is 14.9 Å². The Morgan fingerprint density at radius 3 is 2.52 bits per heavy atom. The van der Waals surface area contributed by atoms with Crippen molar-refractivity contribution >= 4 is 11.6 Å². The monoisotopic (exact) mass is 293 g/mol. The van der Waals surface area contributed by atoms with Crippen LogP contribution >= 0.6 is 0 Å². The fraction of sp³-hybridized carbons (Fsp3) is 0.750. The lowest BCUT2D eigenvalue weighted by Gasteiger charge is -2.20. The zero-order valence-corrected chi connectivity index (χ0v) is 14.0. The van der Waals surface area contributed by atoms with Crippen LogP contribution < -0.4 is 10.6 Å². The van der Waals surface area contributed by atoms with E-state index in [1.807, 2.05) is 0 Å². The lowest BCUT2D eigenvalue weighted by Crippen LogP contribution is -2.25. The highest BCUT2D eigenvalue weighted by Crippen LogP contribution is 2.10. The normalized spacial score (nSPS) is 12.4. The molecule has 0 radical (unpaired) electrons. The van der Waals surface area contributed by atoms with Gasteiger partial charge in [0, 0.05) is 12.6 Å². The van der Waals surface area contributed by atoms with Gasteiger partial charge in [-0.15, -0.1) is 0 Å². The first kappa shape index (κ1) is 17.7. The zero-order valence-electron chi connectivity index (χ0n) is 14.0. The molecule has 1 atom stereocenters. The quantitative estimate of drug-likeness (QED) is 0.656. The van der Waals surface area contributed by atoms with Crippen LogP contribution in [0.2, 0.25) is 0 Å². The number of aromatic nitrogens is 2. The summed E-state index contributed by atoms with van der Waals surface area (Å²) in [6.45, 7) is 13.1. The van der Waals surface area contributed by atoms with Crippen LogP contribution in [-0.2, 0) is 0 Å². The molecule has 0 fully saturated rings. The van der Waals surface area contributed by atoms with Crippen molar-refractivity contribution in [2.24, 2.45) is 0 Å². The van der Waals surface area contributed by atoms with Gasteiger partial charge in [0.25, 0.3) is 0 Å². The van der Waals surface area contributed by atoms with Crippen LogP contribution in [0.1, 0.15) is 47.0 Å². The fourth-order valence-corrected chi connectivity index (χ4v) is 2.26. The predicted octanol–water partition coefficient (Wildman–Crippen LogP) is 3.22. The third-order valence-electron chi connectivity index (χ3n) is 3.59. The number of hydrogen-bond acceptors (Lipinski definition) is 5. The molecule has 0 spiro atoms. The number of nitrogens with zero attached hydrogens (tertiary/aromatic N) is 3. The molecule has 0 saturated carbocycles. The standard InChI is InChI=1S/C16H31N5/c1-5-10-18-15-12-17-13-16(20-15)19-14(4)9-8-11-21(6-2)7-3/h12-14H,5-11H2,1-4H3,(H2,18,19,20). The van der Waals surface area contributed by atoms with Gasteiger partial charge in [0.05, 0.1) is 12.4 Å². The second-order valence-electron chi connectivity index (χ2n) is 5.43. The van der Waals surface area contributed by atoms with E-state index in [2.05, 4.69) is 53.2 Å². The van der Waals surface area contributed by atoms with Gasteiger partial charge in [0.1, 0.15) is 11.6 Å². The van der Waals surface area contributed by atoms with Crippen molar-refractivity contribution in [3.63, 3.8) is 0 Å². The van der Waals surface area contributed by atoms with E-state index in [-0.39, 0.29) is 0 Å². The molecule has 1 aromatic rings. The van der Waals surface area contributed by atoms with Gasteiger partial charge in [-0.2, -0.15) is 0 Å². The smallest absolute Gasteiger partial charge is 0.147 e. The van der Waals surface area contributed by atoms with Crippen LogP contribution in [0, 0.1) is 0 Å². The number of anilines is 2. The van der Waals surface area contributed by atoms with Gasteiger partial charge >= 0.3 is 0 Å². The van der Waals surface area contributed by atoms with E-state index in [1.54, 1.807) is 12.4 Å². The predicted molar refractivity (Wildman–Crippen MR) is 90.9 cm³/mol. The van der Waals surface area contributed by atoms with Gasteiger partial charge in [-0.1, -0.05) is 20.8 Å². The molecule has 0 aromatic carbocycles. The average molecular weight is 293 g/mol. The van der Waals surface area contributed by atoms with Crippen molar-refractivity contribution < 1.29 is 0 Å². The van der Waals surface area contributed by atoms with E-state index in [1.165, 1.54) is 13.0 Å². The molecule has 0 aliphatic rings. The Kier molecular flexibility index (Phi) is 8.74. The Morgan fingerprint density at radius 2 is 1.86 bits per heavy atom. The Morgan fingerprint density at radius 1 is 1.14 bits per heavy atom. The summed E-state index contributed by atoms with van der Waals surface area (Å²) in [7, 11) is 0. The lowest BCUT2D eigenvalue weighted by molar-refractivity contribution is 0.295. The summed E-state index contributed by atoms with van der Waals surface area (Å²) in [6.07, 6.45) is 6.99.